The predicted octanol–water partition coefficient (Wildman–Crippen LogP) is 4.97. The average molecular weight is 400 g/mol. The molecule has 0 saturated heterocycles. The van der Waals surface area contributed by atoms with E-state index in [2.05, 4.69) is 5.32 Å². The molecule has 0 aliphatic rings. The minimum atomic E-state index is -3.38. The molecule has 6 heteroatoms. The van der Waals surface area contributed by atoms with Crippen LogP contribution < -0.4 is 5.32 Å². The van der Waals surface area contributed by atoms with Crippen LogP contribution in [-0.4, -0.2) is 20.6 Å². The number of benzene rings is 3. The fraction of sp³-hybridized carbons (Fsp3) is 0.0952. The highest BCUT2D eigenvalue weighted by Crippen LogP contribution is 2.27. The summed E-state index contributed by atoms with van der Waals surface area (Å²) in [6.45, 7) is 2.03. The molecule has 0 aliphatic carbocycles. The molecule has 1 N–H and O–H groups in total. The lowest BCUT2D eigenvalue weighted by molar-refractivity contribution is 0.102. The maximum absolute atomic E-state index is 12.6. The molecule has 1 amide bonds. The van der Waals surface area contributed by atoms with E-state index < -0.39 is 15.7 Å². The number of halogens is 1. The van der Waals surface area contributed by atoms with Crippen LogP contribution in [0.5, 0.6) is 0 Å². The molecule has 3 aromatic carbocycles. The lowest BCUT2D eigenvalue weighted by atomic mass is 10.0. The van der Waals surface area contributed by atoms with Crippen molar-refractivity contribution in [2.24, 2.45) is 0 Å². The van der Waals surface area contributed by atoms with Crippen LogP contribution in [0, 0.1) is 6.92 Å². The third kappa shape index (κ3) is 4.38. The van der Waals surface area contributed by atoms with Crippen LogP contribution in [0.2, 0.25) is 5.02 Å². The Morgan fingerprint density at radius 2 is 1.70 bits per heavy atom. The molecule has 0 unspecified atom stereocenters. The normalized spacial score (nSPS) is 11.2. The van der Waals surface area contributed by atoms with Gasteiger partial charge in [-0.15, -0.1) is 0 Å². The fourth-order valence-electron chi connectivity index (χ4n) is 2.77. The van der Waals surface area contributed by atoms with Crippen molar-refractivity contribution in [1.29, 1.82) is 0 Å². The lowest BCUT2D eigenvalue weighted by Gasteiger charge is -2.11. The zero-order valence-corrected chi connectivity index (χ0v) is 16.4. The molecule has 138 valence electrons. The van der Waals surface area contributed by atoms with E-state index in [1.165, 1.54) is 18.2 Å². The second-order valence-corrected chi connectivity index (χ2v) is 8.69. The van der Waals surface area contributed by atoms with E-state index in [0.29, 0.717) is 5.69 Å². The van der Waals surface area contributed by atoms with Crippen molar-refractivity contribution in [3.05, 3.63) is 82.9 Å². The van der Waals surface area contributed by atoms with Crippen LogP contribution in [0.25, 0.3) is 11.1 Å². The topological polar surface area (TPSA) is 63.2 Å². The van der Waals surface area contributed by atoms with E-state index in [9.17, 15) is 13.2 Å². The average Bonchev–Trinajstić information content (AvgIpc) is 2.61. The first-order valence-electron chi connectivity index (χ1n) is 8.23. The number of carbonyl (C=O) groups excluding carboxylic acids is 1. The SMILES string of the molecule is Cc1ccccc1-c1cccc(NC(=O)c2ccc(S(C)(=O)=O)cc2Cl)c1. The molecular weight excluding hydrogens is 382 g/mol. The van der Waals surface area contributed by atoms with E-state index in [0.717, 1.165) is 22.9 Å². The molecule has 0 heterocycles. The first-order valence-corrected chi connectivity index (χ1v) is 10.5. The fourth-order valence-corrected chi connectivity index (χ4v) is 3.75. The summed E-state index contributed by atoms with van der Waals surface area (Å²) in [7, 11) is -3.38. The highest BCUT2D eigenvalue weighted by Gasteiger charge is 2.15. The summed E-state index contributed by atoms with van der Waals surface area (Å²) >= 11 is 6.12. The zero-order valence-electron chi connectivity index (χ0n) is 14.9. The summed E-state index contributed by atoms with van der Waals surface area (Å²) in [4.78, 5) is 12.6. The molecule has 3 aromatic rings. The maximum Gasteiger partial charge on any atom is 0.257 e. The molecule has 0 aromatic heterocycles. The van der Waals surface area contributed by atoms with E-state index in [-0.39, 0.29) is 15.5 Å². The van der Waals surface area contributed by atoms with E-state index in [4.69, 9.17) is 11.6 Å². The molecule has 0 spiro atoms. The second kappa shape index (κ2) is 7.55. The van der Waals surface area contributed by atoms with Crippen molar-refractivity contribution in [3.63, 3.8) is 0 Å². The number of rotatable bonds is 4. The standard InChI is InChI=1S/C21H18ClNO3S/c1-14-6-3-4-9-18(14)15-7-5-8-16(12-15)23-21(24)19-11-10-17(13-20(19)22)27(2,25)26/h3-13H,1-2H3,(H,23,24). The second-order valence-electron chi connectivity index (χ2n) is 6.26. The molecule has 0 radical (unpaired) electrons. The van der Waals surface area contributed by atoms with Crippen LogP contribution in [0.1, 0.15) is 15.9 Å². The zero-order chi connectivity index (χ0) is 19.6. The first-order chi connectivity index (χ1) is 12.8. The van der Waals surface area contributed by atoms with Crippen LogP contribution in [0.4, 0.5) is 5.69 Å². The van der Waals surface area contributed by atoms with Crippen molar-refractivity contribution < 1.29 is 13.2 Å². The van der Waals surface area contributed by atoms with Gasteiger partial charge in [-0.3, -0.25) is 4.79 Å². The van der Waals surface area contributed by atoms with Gasteiger partial charge in [0.15, 0.2) is 9.84 Å². The minimum Gasteiger partial charge on any atom is -0.322 e. The Kier molecular flexibility index (Phi) is 5.35. The number of hydrogen-bond acceptors (Lipinski definition) is 3. The van der Waals surface area contributed by atoms with E-state index in [1.54, 1.807) is 6.07 Å². The van der Waals surface area contributed by atoms with Crippen LogP contribution >= 0.6 is 11.6 Å². The monoisotopic (exact) mass is 399 g/mol. The summed E-state index contributed by atoms with van der Waals surface area (Å²) in [6, 6.07) is 19.6. The van der Waals surface area contributed by atoms with Crippen LogP contribution in [0.3, 0.4) is 0 Å². The Bertz CT molecular complexity index is 1120. The molecule has 0 atom stereocenters. The molecule has 4 nitrogen and oxygen atoms in total. The molecule has 0 aliphatic heterocycles. The van der Waals surface area contributed by atoms with Gasteiger partial charge in [0.1, 0.15) is 0 Å². The summed E-state index contributed by atoms with van der Waals surface area (Å²) in [6.07, 6.45) is 1.09. The summed E-state index contributed by atoms with van der Waals surface area (Å²) in [5.41, 5.74) is 4.06. The third-order valence-corrected chi connectivity index (χ3v) is 5.61. The van der Waals surface area contributed by atoms with Crippen LogP contribution in [-0.2, 0) is 9.84 Å². The molecule has 0 saturated carbocycles. The van der Waals surface area contributed by atoms with Crippen molar-refractivity contribution in [1.82, 2.24) is 0 Å². The summed E-state index contributed by atoms with van der Waals surface area (Å²) in [5.74, 6) is -0.401. The molecular formula is C21H18ClNO3S. The van der Waals surface area contributed by atoms with Gasteiger partial charge in [-0.2, -0.15) is 0 Å². The van der Waals surface area contributed by atoms with Gasteiger partial charge in [0.25, 0.3) is 5.91 Å². The van der Waals surface area contributed by atoms with Crippen molar-refractivity contribution in [2.45, 2.75) is 11.8 Å². The maximum atomic E-state index is 12.6. The highest BCUT2D eigenvalue weighted by molar-refractivity contribution is 7.90. The number of amides is 1. The van der Waals surface area contributed by atoms with E-state index >= 15 is 0 Å². The molecule has 3 rings (SSSR count). The number of aryl methyl sites for hydroxylation is 1. The number of sulfone groups is 1. The lowest BCUT2D eigenvalue weighted by Crippen LogP contribution is -2.13. The van der Waals surface area contributed by atoms with Gasteiger partial charge < -0.3 is 5.32 Å². The number of anilines is 1. The first kappa shape index (κ1) is 19.1. The Morgan fingerprint density at radius 3 is 2.37 bits per heavy atom. The van der Waals surface area contributed by atoms with E-state index in [1.807, 2.05) is 49.4 Å². The third-order valence-electron chi connectivity index (χ3n) is 4.19. The Labute approximate surface area is 163 Å². The van der Waals surface area contributed by atoms with Gasteiger partial charge in [-0.25, -0.2) is 8.42 Å². The number of hydrogen-bond donors (Lipinski definition) is 1. The van der Waals surface area contributed by atoms with Gasteiger partial charge in [0, 0.05) is 11.9 Å². The van der Waals surface area contributed by atoms with Gasteiger partial charge in [-0.1, -0.05) is 48.0 Å². The smallest absolute Gasteiger partial charge is 0.257 e. The van der Waals surface area contributed by atoms with Gasteiger partial charge in [0.2, 0.25) is 0 Å². The summed E-state index contributed by atoms with van der Waals surface area (Å²) in [5, 5.41) is 2.90. The Hall–Kier alpha value is -2.63. The van der Waals surface area contributed by atoms with Crippen molar-refractivity contribution in [2.75, 3.05) is 11.6 Å². The van der Waals surface area contributed by atoms with Gasteiger partial charge in [-0.05, 0) is 53.9 Å². The molecule has 0 fully saturated rings. The number of carbonyl (C=O) groups is 1. The predicted molar refractivity (Wildman–Crippen MR) is 109 cm³/mol. The quantitative estimate of drug-likeness (QED) is 0.673. The van der Waals surface area contributed by atoms with Crippen LogP contribution in [0.15, 0.2) is 71.6 Å². The largest absolute Gasteiger partial charge is 0.322 e. The minimum absolute atomic E-state index is 0.0746. The molecule has 0 bridgehead atoms. The molecule has 27 heavy (non-hydrogen) atoms. The summed E-state index contributed by atoms with van der Waals surface area (Å²) < 4.78 is 23.2. The Balaban J connectivity index is 1.87. The Morgan fingerprint density at radius 1 is 0.963 bits per heavy atom. The van der Waals surface area contributed by atoms with Crippen molar-refractivity contribution in [3.8, 4) is 11.1 Å². The number of nitrogens with one attached hydrogen (secondary N) is 1. The highest BCUT2D eigenvalue weighted by atomic mass is 35.5. The van der Waals surface area contributed by atoms with Gasteiger partial charge >= 0.3 is 0 Å². The van der Waals surface area contributed by atoms with Gasteiger partial charge in [0.05, 0.1) is 15.5 Å². The van der Waals surface area contributed by atoms with Crippen molar-refractivity contribution >= 4 is 33.0 Å².